The number of carboxylic acids is 1. The molecule has 0 aromatic carbocycles. The topological polar surface area (TPSA) is 88.2 Å². The Hall–Kier alpha value is -1.43. The minimum absolute atomic E-state index is 0.174. The standard InChI is InChI=1S/C10H15N3O3/c14-10(15)5-8-12-9(16-13-8)4-7-2-1-3-11-6-7/h7,11H,1-6H2,(H,14,15). The van der Waals surface area contributed by atoms with E-state index in [0.29, 0.717) is 11.8 Å². The second kappa shape index (κ2) is 5.07. The number of carbonyl (C=O) groups is 1. The Balaban J connectivity index is 1.88. The number of rotatable bonds is 4. The first-order valence-electron chi connectivity index (χ1n) is 5.48. The van der Waals surface area contributed by atoms with Gasteiger partial charge in [0, 0.05) is 6.42 Å². The molecule has 2 N–H and O–H groups in total. The van der Waals surface area contributed by atoms with Gasteiger partial charge in [0.2, 0.25) is 5.89 Å². The number of hydrogen-bond acceptors (Lipinski definition) is 5. The number of nitrogens with zero attached hydrogens (tertiary/aromatic N) is 2. The van der Waals surface area contributed by atoms with E-state index in [9.17, 15) is 4.79 Å². The summed E-state index contributed by atoms with van der Waals surface area (Å²) in [5.74, 6) is 0.384. The lowest BCUT2D eigenvalue weighted by molar-refractivity contribution is -0.136. The predicted molar refractivity (Wildman–Crippen MR) is 54.9 cm³/mol. The molecule has 1 saturated heterocycles. The molecule has 0 saturated carbocycles. The van der Waals surface area contributed by atoms with E-state index < -0.39 is 5.97 Å². The normalized spacial score (nSPS) is 20.9. The van der Waals surface area contributed by atoms with Crippen molar-refractivity contribution in [2.45, 2.75) is 25.7 Å². The second-order valence-corrected chi connectivity index (χ2v) is 4.09. The van der Waals surface area contributed by atoms with Crippen molar-refractivity contribution in [2.75, 3.05) is 13.1 Å². The van der Waals surface area contributed by atoms with Gasteiger partial charge in [0.15, 0.2) is 5.82 Å². The molecule has 6 heteroatoms. The number of hydrogen-bond donors (Lipinski definition) is 2. The average Bonchev–Trinajstić information content (AvgIpc) is 2.66. The van der Waals surface area contributed by atoms with Gasteiger partial charge in [0.1, 0.15) is 6.42 Å². The van der Waals surface area contributed by atoms with E-state index in [-0.39, 0.29) is 12.2 Å². The van der Waals surface area contributed by atoms with E-state index in [1.54, 1.807) is 0 Å². The van der Waals surface area contributed by atoms with Gasteiger partial charge in [-0.05, 0) is 31.8 Å². The SMILES string of the molecule is O=C(O)Cc1noc(CC2CCCNC2)n1. The number of piperidine rings is 1. The molecule has 6 nitrogen and oxygen atoms in total. The molecule has 2 rings (SSSR count). The smallest absolute Gasteiger partial charge is 0.311 e. The zero-order chi connectivity index (χ0) is 11.4. The highest BCUT2D eigenvalue weighted by Crippen LogP contribution is 2.15. The summed E-state index contributed by atoms with van der Waals surface area (Å²) in [6.07, 6.45) is 2.89. The molecule has 1 fully saturated rings. The monoisotopic (exact) mass is 225 g/mol. The first kappa shape index (κ1) is 11.1. The predicted octanol–water partition coefficient (Wildman–Crippen LogP) is 0.239. The van der Waals surface area contributed by atoms with E-state index in [2.05, 4.69) is 15.5 Å². The van der Waals surface area contributed by atoms with Crippen molar-refractivity contribution < 1.29 is 14.4 Å². The van der Waals surface area contributed by atoms with Gasteiger partial charge in [-0.15, -0.1) is 0 Å². The highest BCUT2D eigenvalue weighted by Gasteiger charge is 2.17. The zero-order valence-corrected chi connectivity index (χ0v) is 8.98. The molecule has 1 unspecified atom stereocenters. The Morgan fingerprint density at radius 2 is 2.50 bits per heavy atom. The van der Waals surface area contributed by atoms with Crippen LogP contribution in [0.25, 0.3) is 0 Å². The number of nitrogens with one attached hydrogen (secondary N) is 1. The van der Waals surface area contributed by atoms with Gasteiger partial charge in [-0.3, -0.25) is 4.79 Å². The fraction of sp³-hybridized carbons (Fsp3) is 0.700. The Morgan fingerprint density at radius 3 is 3.19 bits per heavy atom. The third kappa shape index (κ3) is 3.03. The Labute approximate surface area is 93.0 Å². The van der Waals surface area contributed by atoms with Gasteiger partial charge < -0.3 is 14.9 Å². The van der Waals surface area contributed by atoms with Crippen molar-refractivity contribution in [1.29, 1.82) is 0 Å². The summed E-state index contributed by atoms with van der Waals surface area (Å²) in [7, 11) is 0. The van der Waals surface area contributed by atoms with Crippen molar-refractivity contribution >= 4 is 5.97 Å². The van der Waals surface area contributed by atoms with Crippen LogP contribution in [0.3, 0.4) is 0 Å². The van der Waals surface area contributed by atoms with Crippen LogP contribution < -0.4 is 5.32 Å². The molecule has 2 heterocycles. The van der Waals surface area contributed by atoms with Gasteiger partial charge in [-0.25, -0.2) is 0 Å². The minimum atomic E-state index is -0.938. The van der Waals surface area contributed by atoms with Crippen LogP contribution in [0, 0.1) is 5.92 Å². The molecule has 16 heavy (non-hydrogen) atoms. The summed E-state index contributed by atoms with van der Waals surface area (Å²) < 4.78 is 5.02. The highest BCUT2D eigenvalue weighted by atomic mass is 16.5. The maximum Gasteiger partial charge on any atom is 0.311 e. The third-order valence-electron chi connectivity index (χ3n) is 2.68. The molecule has 1 aromatic heterocycles. The van der Waals surface area contributed by atoms with Gasteiger partial charge in [-0.2, -0.15) is 4.98 Å². The van der Waals surface area contributed by atoms with Crippen molar-refractivity contribution in [3.63, 3.8) is 0 Å². The van der Waals surface area contributed by atoms with Gasteiger partial charge in [0.25, 0.3) is 0 Å². The summed E-state index contributed by atoms with van der Waals surface area (Å²) in [5, 5.41) is 15.5. The first-order valence-corrected chi connectivity index (χ1v) is 5.48. The van der Waals surface area contributed by atoms with Gasteiger partial charge >= 0.3 is 5.97 Å². The Bertz CT molecular complexity index is 358. The molecule has 0 aliphatic carbocycles. The molecular formula is C10H15N3O3. The summed E-state index contributed by atoms with van der Waals surface area (Å²) >= 11 is 0. The lowest BCUT2D eigenvalue weighted by atomic mass is 9.96. The molecule has 1 aliphatic heterocycles. The van der Waals surface area contributed by atoms with Crippen LogP contribution in [0.4, 0.5) is 0 Å². The van der Waals surface area contributed by atoms with Crippen molar-refractivity contribution in [3.8, 4) is 0 Å². The van der Waals surface area contributed by atoms with Crippen LogP contribution in [0.15, 0.2) is 4.52 Å². The second-order valence-electron chi connectivity index (χ2n) is 4.09. The lowest BCUT2D eigenvalue weighted by Crippen LogP contribution is -2.30. The van der Waals surface area contributed by atoms with Crippen LogP contribution in [-0.2, 0) is 17.6 Å². The van der Waals surface area contributed by atoms with Gasteiger partial charge in [-0.1, -0.05) is 5.16 Å². The molecule has 1 aliphatic rings. The van der Waals surface area contributed by atoms with Crippen molar-refractivity contribution in [3.05, 3.63) is 11.7 Å². The lowest BCUT2D eigenvalue weighted by Gasteiger charge is -2.20. The molecule has 0 radical (unpaired) electrons. The number of aromatic nitrogens is 2. The first-order chi connectivity index (χ1) is 7.74. The molecule has 0 spiro atoms. The van der Waals surface area contributed by atoms with Crippen LogP contribution in [0.5, 0.6) is 0 Å². The summed E-state index contributed by atoms with van der Waals surface area (Å²) in [4.78, 5) is 14.5. The molecule has 1 atom stereocenters. The Kier molecular flexibility index (Phi) is 3.51. The van der Waals surface area contributed by atoms with Gasteiger partial charge in [0.05, 0.1) is 0 Å². The summed E-state index contributed by atoms with van der Waals surface area (Å²) in [6, 6.07) is 0. The fourth-order valence-electron chi connectivity index (χ4n) is 1.93. The number of carboxylic acid groups (broad SMARTS) is 1. The van der Waals surface area contributed by atoms with Crippen LogP contribution in [0.2, 0.25) is 0 Å². The quantitative estimate of drug-likeness (QED) is 0.763. The van der Waals surface area contributed by atoms with Crippen molar-refractivity contribution in [2.24, 2.45) is 5.92 Å². The molecule has 0 bridgehead atoms. The van der Waals surface area contributed by atoms with Crippen LogP contribution in [0.1, 0.15) is 24.6 Å². The fourth-order valence-corrected chi connectivity index (χ4v) is 1.93. The van der Waals surface area contributed by atoms with Crippen LogP contribution in [-0.4, -0.2) is 34.3 Å². The van der Waals surface area contributed by atoms with E-state index >= 15 is 0 Å². The molecule has 0 amide bonds. The van der Waals surface area contributed by atoms with E-state index in [1.807, 2.05) is 0 Å². The number of aliphatic carboxylic acids is 1. The maximum atomic E-state index is 10.4. The van der Waals surface area contributed by atoms with E-state index in [1.165, 1.54) is 6.42 Å². The maximum absolute atomic E-state index is 10.4. The molecule has 1 aromatic rings. The Morgan fingerprint density at radius 1 is 1.62 bits per heavy atom. The summed E-state index contributed by atoms with van der Waals surface area (Å²) in [6.45, 7) is 2.04. The average molecular weight is 225 g/mol. The minimum Gasteiger partial charge on any atom is -0.481 e. The largest absolute Gasteiger partial charge is 0.481 e. The van der Waals surface area contributed by atoms with Crippen LogP contribution >= 0.6 is 0 Å². The third-order valence-corrected chi connectivity index (χ3v) is 2.68. The van der Waals surface area contributed by atoms with E-state index in [0.717, 1.165) is 25.9 Å². The molecule has 88 valence electrons. The highest BCUT2D eigenvalue weighted by molar-refractivity contribution is 5.68. The molecular weight excluding hydrogens is 210 g/mol. The van der Waals surface area contributed by atoms with E-state index in [4.69, 9.17) is 9.63 Å². The zero-order valence-electron chi connectivity index (χ0n) is 8.98. The summed E-state index contributed by atoms with van der Waals surface area (Å²) in [5.41, 5.74) is 0. The van der Waals surface area contributed by atoms with Crippen molar-refractivity contribution in [1.82, 2.24) is 15.5 Å².